The van der Waals surface area contributed by atoms with E-state index in [9.17, 15) is 18.0 Å². The zero-order valence-electron chi connectivity index (χ0n) is 11.9. The van der Waals surface area contributed by atoms with Crippen LogP contribution in [-0.4, -0.2) is 29.6 Å². The summed E-state index contributed by atoms with van der Waals surface area (Å²) in [6.07, 6.45) is -3.26. The first-order valence-electron chi connectivity index (χ1n) is 7.33. The monoisotopic (exact) mass is 307 g/mol. The van der Waals surface area contributed by atoms with E-state index in [-0.39, 0.29) is 13.0 Å². The number of hydrogen-bond acceptors (Lipinski definition) is 1. The first-order chi connectivity index (χ1) is 10.5. The van der Waals surface area contributed by atoms with Gasteiger partial charge in [-0.15, -0.1) is 0 Å². The Morgan fingerprint density at radius 2 is 1.77 bits per heavy atom. The molecule has 5 heteroatoms. The van der Waals surface area contributed by atoms with Crippen molar-refractivity contribution in [2.45, 2.75) is 31.5 Å². The summed E-state index contributed by atoms with van der Waals surface area (Å²) >= 11 is 0. The van der Waals surface area contributed by atoms with Crippen LogP contribution in [0.15, 0.2) is 42.5 Å². The van der Waals surface area contributed by atoms with Crippen LogP contribution in [-0.2, 0) is 0 Å². The van der Waals surface area contributed by atoms with Crippen LogP contribution in [0.2, 0.25) is 0 Å². The van der Waals surface area contributed by atoms with E-state index in [2.05, 4.69) is 0 Å². The zero-order valence-corrected chi connectivity index (χ0v) is 11.9. The number of nitrogens with zero attached hydrogens (tertiary/aromatic N) is 1. The fourth-order valence-corrected chi connectivity index (χ4v) is 3.00. The molecule has 116 valence electrons. The Morgan fingerprint density at radius 3 is 2.50 bits per heavy atom. The number of benzene rings is 2. The topological polar surface area (TPSA) is 20.3 Å². The van der Waals surface area contributed by atoms with E-state index in [4.69, 9.17) is 0 Å². The molecule has 2 aromatic rings. The molecule has 0 spiro atoms. The molecule has 0 radical (unpaired) electrons. The SMILES string of the molecule is O=C(c1ccc2ccccc2c1)N1CCCCC1C(F)(F)F. The maximum Gasteiger partial charge on any atom is 0.408 e. The number of likely N-dealkylation sites (tertiary alicyclic amines) is 1. The fraction of sp³-hybridized carbons (Fsp3) is 0.353. The van der Waals surface area contributed by atoms with Crippen LogP contribution in [0.25, 0.3) is 10.8 Å². The number of amides is 1. The van der Waals surface area contributed by atoms with Crippen molar-refractivity contribution in [2.75, 3.05) is 6.54 Å². The summed E-state index contributed by atoms with van der Waals surface area (Å²) < 4.78 is 39.4. The predicted molar refractivity (Wildman–Crippen MR) is 78.7 cm³/mol. The molecule has 0 bridgehead atoms. The van der Waals surface area contributed by atoms with Gasteiger partial charge in [0.2, 0.25) is 0 Å². The van der Waals surface area contributed by atoms with Crippen molar-refractivity contribution in [1.82, 2.24) is 4.90 Å². The van der Waals surface area contributed by atoms with E-state index in [1.807, 2.05) is 24.3 Å². The highest BCUT2D eigenvalue weighted by Gasteiger charge is 2.46. The minimum atomic E-state index is -4.37. The molecule has 0 saturated carbocycles. The maximum atomic E-state index is 13.1. The van der Waals surface area contributed by atoms with E-state index in [0.29, 0.717) is 18.4 Å². The van der Waals surface area contributed by atoms with E-state index in [1.165, 1.54) is 0 Å². The molecule has 3 rings (SSSR count). The molecule has 1 aliphatic heterocycles. The van der Waals surface area contributed by atoms with Crippen LogP contribution in [0.1, 0.15) is 29.6 Å². The van der Waals surface area contributed by atoms with E-state index < -0.39 is 18.1 Å². The fourth-order valence-electron chi connectivity index (χ4n) is 3.00. The summed E-state index contributed by atoms with van der Waals surface area (Å²) in [4.78, 5) is 13.5. The van der Waals surface area contributed by atoms with Crippen molar-refractivity contribution in [1.29, 1.82) is 0 Å². The van der Waals surface area contributed by atoms with Crippen molar-refractivity contribution >= 4 is 16.7 Å². The maximum absolute atomic E-state index is 13.1. The van der Waals surface area contributed by atoms with Crippen molar-refractivity contribution < 1.29 is 18.0 Å². The molecule has 1 saturated heterocycles. The van der Waals surface area contributed by atoms with Gasteiger partial charge in [0.15, 0.2) is 0 Å². The third-order valence-electron chi connectivity index (χ3n) is 4.14. The number of carbonyl (C=O) groups is 1. The van der Waals surface area contributed by atoms with Crippen molar-refractivity contribution in [3.05, 3.63) is 48.0 Å². The van der Waals surface area contributed by atoms with Crippen molar-refractivity contribution in [2.24, 2.45) is 0 Å². The normalized spacial score (nSPS) is 19.4. The molecule has 2 aromatic carbocycles. The summed E-state index contributed by atoms with van der Waals surface area (Å²) in [6, 6.07) is 10.9. The second-order valence-electron chi connectivity index (χ2n) is 5.61. The molecule has 1 amide bonds. The smallest absolute Gasteiger partial charge is 0.327 e. The lowest BCUT2D eigenvalue weighted by Crippen LogP contribution is -2.51. The molecule has 0 aliphatic carbocycles. The molecule has 2 nitrogen and oxygen atoms in total. The molecule has 0 aromatic heterocycles. The number of carbonyl (C=O) groups excluding carboxylic acids is 1. The Hall–Kier alpha value is -2.04. The lowest BCUT2D eigenvalue weighted by Gasteiger charge is -2.36. The summed E-state index contributed by atoms with van der Waals surface area (Å²) in [5.74, 6) is -0.534. The predicted octanol–water partition coefficient (Wildman–Crippen LogP) is 4.40. The van der Waals surface area contributed by atoms with Gasteiger partial charge >= 0.3 is 6.18 Å². The Balaban J connectivity index is 1.93. The molecule has 1 aliphatic rings. The van der Waals surface area contributed by atoms with Gasteiger partial charge in [-0.3, -0.25) is 4.79 Å². The Bertz CT molecular complexity index is 696. The Kier molecular flexibility index (Phi) is 3.81. The first-order valence-corrected chi connectivity index (χ1v) is 7.33. The minimum absolute atomic E-state index is 0.0111. The largest absolute Gasteiger partial charge is 0.408 e. The van der Waals surface area contributed by atoms with Gasteiger partial charge in [-0.25, -0.2) is 0 Å². The number of piperidine rings is 1. The number of hydrogen-bond donors (Lipinski definition) is 0. The van der Waals surface area contributed by atoms with Gasteiger partial charge in [0.25, 0.3) is 5.91 Å². The second-order valence-corrected chi connectivity index (χ2v) is 5.61. The van der Waals surface area contributed by atoms with E-state index in [0.717, 1.165) is 15.7 Å². The highest BCUT2D eigenvalue weighted by Crippen LogP contribution is 2.33. The first kappa shape index (κ1) is 14.9. The summed E-state index contributed by atoms with van der Waals surface area (Å²) in [5, 5.41) is 1.82. The van der Waals surface area contributed by atoms with Gasteiger partial charge in [-0.05, 0) is 42.2 Å². The Labute approximate surface area is 126 Å². The lowest BCUT2D eigenvalue weighted by molar-refractivity contribution is -0.183. The van der Waals surface area contributed by atoms with Crippen LogP contribution in [0.5, 0.6) is 0 Å². The minimum Gasteiger partial charge on any atom is -0.327 e. The van der Waals surface area contributed by atoms with Crippen LogP contribution in [0, 0.1) is 0 Å². The highest BCUT2D eigenvalue weighted by molar-refractivity contribution is 5.98. The van der Waals surface area contributed by atoms with Crippen LogP contribution < -0.4 is 0 Å². The second kappa shape index (κ2) is 5.63. The summed E-state index contributed by atoms with van der Waals surface area (Å²) in [6.45, 7) is 0.163. The molecule has 1 unspecified atom stereocenters. The average Bonchev–Trinajstić information content (AvgIpc) is 2.53. The number of rotatable bonds is 1. The molecule has 1 atom stereocenters. The zero-order chi connectivity index (χ0) is 15.7. The molecule has 0 N–H and O–H groups in total. The highest BCUT2D eigenvalue weighted by atomic mass is 19.4. The molecule has 1 heterocycles. The lowest BCUT2D eigenvalue weighted by atomic mass is 9.99. The van der Waals surface area contributed by atoms with Gasteiger partial charge in [-0.1, -0.05) is 30.3 Å². The molecular weight excluding hydrogens is 291 g/mol. The summed E-state index contributed by atoms with van der Waals surface area (Å²) in [7, 11) is 0. The van der Waals surface area contributed by atoms with Crippen LogP contribution in [0.3, 0.4) is 0 Å². The average molecular weight is 307 g/mol. The van der Waals surface area contributed by atoms with Gasteiger partial charge < -0.3 is 4.90 Å². The van der Waals surface area contributed by atoms with Crippen LogP contribution >= 0.6 is 0 Å². The molecule has 1 fully saturated rings. The quantitative estimate of drug-likeness (QED) is 0.765. The van der Waals surface area contributed by atoms with Crippen molar-refractivity contribution in [3.63, 3.8) is 0 Å². The van der Waals surface area contributed by atoms with Crippen LogP contribution in [0.4, 0.5) is 13.2 Å². The Morgan fingerprint density at radius 1 is 1.05 bits per heavy atom. The summed E-state index contributed by atoms with van der Waals surface area (Å²) in [5.41, 5.74) is 0.315. The van der Waals surface area contributed by atoms with Gasteiger partial charge in [0.1, 0.15) is 6.04 Å². The van der Waals surface area contributed by atoms with Gasteiger partial charge in [-0.2, -0.15) is 13.2 Å². The molecular formula is C17H16F3NO. The standard InChI is InChI=1S/C17H16F3NO/c18-17(19,20)15-7-3-4-10-21(15)16(22)14-9-8-12-5-1-2-6-13(12)11-14/h1-2,5-6,8-9,11,15H,3-4,7,10H2. The number of halogens is 3. The number of fused-ring (bicyclic) bond motifs is 1. The third-order valence-corrected chi connectivity index (χ3v) is 4.14. The van der Waals surface area contributed by atoms with E-state index in [1.54, 1.807) is 18.2 Å². The van der Waals surface area contributed by atoms with E-state index >= 15 is 0 Å². The third kappa shape index (κ3) is 2.80. The van der Waals surface area contributed by atoms with Crippen molar-refractivity contribution in [3.8, 4) is 0 Å². The molecule has 22 heavy (non-hydrogen) atoms. The van der Waals surface area contributed by atoms with Gasteiger partial charge in [0, 0.05) is 12.1 Å². The number of alkyl halides is 3. The van der Waals surface area contributed by atoms with Gasteiger partial charge in [0.05, 0.1) is 0 Å².